The highest BCUT2D eigenvalue weighted by Gasteiger charge is 2.34. The van der Waals surface area contributed by atoms with E-state index in [4.69, 9.17) is 18.9 Å². The third kappa shape index (κ3) is 5.04. The largest absolute Gasteiger partial charge is 0.504 e. The molecule has 1 aliphatic heterocycles. The number of carbonyl (C=O) groups excluding carboxylic acids is 1. The fourth-order valence-electron chi connectivity index (χ4n) is 4.27. The van der Waals surface area contributed by atoms with E-state index in [-0.39, 0.29) is 29.6 Å². The molecule has 1 aromatic heterocycles. The van der Waals surface area contributed by atoms with Gasteiger partial charge in [0.2, 0.25) is 0 Å². The fraction of sp³-hybridized carbons (Fsp3) is 0.321. The number of esters is 1. The summed E-state index contributed by atoms with van der Waals surface area (Å²) in [5.41, 5.74) is 1.40. The summed E-state index contributed by atoms with van der Waals surface area (Å²) in [5.74, 6) is 0.676. The first kappa shape index (κ1) is 27.0. The van der Waals surface area contributed by atoms with E-state index in [0.717, 1.165) is 11.3 Å². The average molecular weight is 539 g/mol. The van der Waals surface area contributed by atoms with Crippen molar-refractivity contribution in [3.63, 3.8) is 0 Å². The van der Waals surface area contributed by atoms with Gasteiger partial charge in [-0.15, -0.1) is 0 Å². The number of para-hydroxylation sites is 1. The van der Waals surface area contributed by atoms with E-state index in [0.29, 0.717) is 43.4 Å². The number of nitrogens with zero attached hydrogens (tertiary/aromatic N) is 2. The molecule has 0 spiro atoms. The van der Waals surface area contributed by atoms with Crippen molar-refractivity contribution in [2.24, 2.45) is 4.99 Å². The molecule has 0 amide bonds. The Morgan fingerprint density at radius 2 is 1.89 bits per heavy atom. The number of hydrogen-bond donors (Lipinski definition) is 1. The number of allylic oxidation sites excluding steroid dienone is 1. The Labute approximate surface area is 223 Å². The van der Waals surface area contributed by atoms with Crippen molar-refractivity contribution >= 4 is 23.4 Å². The molecule has 200 valence electrons. The molecule has 0 aliphatic carbocycles. The molecule has 0 bridgehead atoms. The first-order valence-corrected chi connectivity index (χ1v) is 12.9. The lowest BCUT2D eigenvalue weighted by atomic mass is 9.95. The van der Waals surface area contributed by atoms with E-state index in [9.17, 15) is 14.7 Å². The molecule has 0 saturated carbocycles. The molecule has 10 heteroatoms. The van der Waals surface area contributed by atoms with Gasteiger partial charge in [-0.25, -0.2) is 9.79 Å². The van der Waals surface area contributed by atoms with Gasteiger partial charge in [0.1, 0.15) is 0 Å². The van der Waals surface area contributed by atoms with E-state index in [1.165, 1.54) is 18.8 Å². The standard InChI is InChI=1S/C28H30N2O7S/c1-7-36-27(33)23-16(4)29-28-30(24(23)17-11-12-19(37-15(2)3)21(13-17)35-6)26(32)22(38-28)14-18-9-8-10-20(34-5)25(18)31/h8-15,24,31H,7H2,1-6H3/b22-14+/t24-/m0/s1. The van der Waals surface area contributed by atoms with Crippen LogP contribution in [0.25, 0.3) is 6.08 Å². The van der Waals surface area contributed by atoms with Gasteiger partial charge in [-0.2, -0.15) is 0 Å². The van der Waals surface area contributed by atoms with Crippen LogP contribution in [0.1, 0.15) is 44.9 Å². The third-order valence-corrected chi connectivity index (χ3v) is 6.90. The van der Waals surface area contributed by atoms with Crippen molar-refractivity contribution < 1.29 is 28.8 Å². The number of carbonyl (C=O) groups is 1. The van der Waals surface area contributed by atoms with E-state index >= 15 is 0 Å². The Balaban J connectivity index is 1.96. The molecule has 2 aromatic carbocycles. The fourth-order valence-corrected chi connectivity index (χ4v) is 5.31. The van der Waals surface area contributed by atoms with Crippen molar-refractivity contribution in [2.45, 2.75) is 39.8 Å². The number of methoxy groups -OCH3 is 2. The molecule has 0 fully saturated rings. The van der Waals surface area contributed by atoms with Crippen molar-refractivity contribution in [3.05, 3.63) is 78.5 Å². The van der Waals surface area contributed by atoms with Gasteiger partial charge < -0.3 is 24.1 Å². The smallest absolute Gasteiger partial charge is 0.338 e. The summed E-state index contributed by atoms with van der Waals surface area (Å²) in [6.45, 7) is 7.44. The summed E-state index contributed by atoms with van der Waals surface area (Å²) in [5, 5.41) is 10.6. The Kier molecular flexibility index (Phi) is 7.91. The van der Waals surface area contributed by atoms with Gasteiger partial charge in [-0.1, -0.05) is 29.5 Å². The van der Waals surface area contributed by atoms with E-state index in [2.05, 4.69) is 4.99 Å². The zero-order chi connectivity index (χ0) is 27.6. The first-order chi connectivity index (χ1) is 18.2. The van der Waals surface area contributed by atoms with Crippen LogP contribution in [0.4, 0.5) is 0 Å². The molecular weight excluding hydrogens is 508 g/mol. The van der Waals surface area contributed by atoms with Gasteiger partial charge in [0.05, 0.1) is 48.8 Å². The highest BCUT2D eigenvalue weighted by Crippen LogP contribution is 2.36. The molecular formula is C28H30N2O7S. The van der Waals surface area contributed by atoms with E-state index < -0.39 is 12.0 Å². The van der Waals surface area contributed by atoms with Crippen LogP contribution in [-0.2, 0) is 9.53 Å². The molecule has 1 atom stereocenters. The zero-order valence-electron chi connectivity index (χ0n) is 22.1. The molecule has 2 heterocycles. The molecule has 3 aromatic rings. The summed E-state index contributed by atoms with van der Waals surface area (Å²) >= 11 is 1.16. The second-order valence-corrected chi connectivity index (χ2v) is 9.79. The van der Waals surface area contributed by atoms with Gasteiger partial charge in [-0.3, -0.25) is 9.36 Å². The van der Waals surface area contributed by atoms with Gasteiger partial charge in [-0.05, 0) is 57.5 Å². The van der Waals surface area contributed by atoms with Gasteiger partial charge >= 0.3 is 5.97 Å². The Morgan fingerprint density at radius 3 is 2.55 bits per heavy atom. The van der Waals surface area contributed by atoms with Crippen LogP contribution in [0.2, 0.25) is 0 Å². The number of ether oxygens (including phenoxy) is 4. The van der Waals surface area contributed by atoms with E-state index in [1.54, 1.807) is 56.3 Å². The number of aromatic hydroxyl groups is 1. The summed E-state index contributed by atoms with van der Waals surface area (Å²) in [6, 6.07) is 9.54. The minimum atomic E-state index is -0.812. The summed E-state index contributed by atoms with van der Waals surface area (Å²) in [7, 11) is 2.99. The summed E-state index contributed by atoms with van der Waals surface area (Å²) in [4.78, 5) is 31.9. The van der Waals surface area contributed by atoms with Gasteiger partial charge in [0.15, 0.2) is 27.8 Å². The first-order valence-electron chi connectivity index (χ1n) is 12.1. The maximum absolute atomic E-state index is 13.8. The predicted octanol–water partition coefficient (Wildman–Crippen LogP) is 3.31. The Morgan fingerprint density at radius 1 is 1.16 bits per heavy atom. The molecule has 0 radical (unpaired) electrons. The Bertz CT molecular complexity index is 1580. The normalized spacial score (nSPS) is 15.2. The van der Waals surface area contributed by atoms with Crippen LogP contribution >= 0.6 is 11.3 Å². The van der Waals surface area contributed by atoms with Gasteiger partial charge in [0, 0.05) is 5.56 Å². The molecule has 1 aliphatic rings. The van der Waals surface area contributed by atoms with Crippen molar-refractivity contribution in [1.29, 1.82) is 0 Å². The summed E-state index contributed by atoms with van der Waals surface area (Å²) < 4.78 is 23.8. The van der Waals surface area contributed by atoms with Gasteiger partial charge in [0.25, 0.3) is 5.56 Å². The monoisotopic (exact) mass is 538 g/mol. The number of fused-ring (bicyclic) bond motifs is 1. The minimum Gasteiger partial charge on any atom is -0.504 e. The second kappa shape index (κ2) is 11.1. The molecule has 38 heavy (non-hydrogen) atoms. The molecule has 4 rings (SSSR count). The van der Waals surface area contributed by atoms with E-state index in [1.807, 2.05) is 13.8 Å². The van der Waals surface area contributed by atoms with Crippen LogP contribution in [0.5, 0.6) is 23.0 Å². The number of aromatic nitrogens is 1. The number of phenols is 1. The van der Waals surface area contributed by atoms with Crippen LogP contribution in [0.3, 0.4) is 0 Å². The van der Waals surface area contributed by atoms with Crippen molar-refractivity contribution in [1.82, 2.24) is 4.57 Å². The highest BCUT2D eigenvalue weighted by molar-refractivity contribution is 7.07. The lowest BCUT2D eigenvalue weighted by Gasteiger charge is -2.25. The van der Waals surface area contributed by atoms with Crippen molar-refractivity contribution in [2.75, 3.05) is 20.8 Å². The molecule has 1 N–H and O–H groups in total. The lowest BCUT2D eigenvalue weighted by Crippen LogP contribution is -2.40. The van der Waals surface area contributed by atoms with Crippen molar-refractivity contribution in [3.8, 4) is 23.0 Å². The lowest BCUT2D eigenvalue weighted by molar-refractivity contribution is -0.139. The maximum atomic E-state index is 13.8. The Hall–Kier alpha value is -4.05. The average Bonchev–Trinajstić information content (AvgIpc) is 3.18. The number of thiazole rings is 1. The van der Waals surface area contributed by atoms with Crippen LogP contribution in [-0.4, -0.2) is 42.6 Å². The van der Waals surface area contributed by atoms with Crippen LogP contribution < -0.4 is 29.1 Å². The zero-order valence-corrected chi connectivity index (χ0v) is 22.9. The SMILES string of the molecule is CCOC(=O)C1=C(C)N=c2s/c(=C/c3cccc(OC)c3O)c(=O)n2[C@H]1c1ccc(OC(C)C)c(OC)c1. The highest BCUT2D eigenvalue weighted by atomic mass is 32.1. The molecule has 9 nitrogen and oxygen atoms in total. The molecule has 0 unspecified atom stereocenters. The van der Waals surface area contributed by atoms with Crippen LogP contribution in [0.15, 0.2) is 57.5 Å². The maximum Gasteiger partial charge on any atom is 0.338 e. The number of rotatable bonds is 8. The number of phenolic OH excluding ortho intramolecular Hbond substituents is 1. The quantitative estimate of drug-likeness (QED) is 0.439. The third-order valence-electron chi connectivity index (χ3n) is 5.92. The minimum absolute atomic E-state index is 0.0716. The van der Waals surface area contributed by atoms with Crippen LogP contribution in [0, 0.1) is 0 Å². The predicted molar refractivity (Wildman–Crippen MR) is 144 cm³/mol. The topological polar surface area (TPSA) is 109 Å². The second-order valence-electron chi connectivity index (χ2n) is 8.78. The molecule has 0 saturated heterocycles. The number of benzene rings is 2. The summed E-state index contributed by atoms with van der Waals surface area (Å²) in [6.07, 6.45) is 1.51. The number of hydrogen-bond acceptors (Lipinski definition) is 9.